The van der Waals surface area contributed by atoms with Crippen molar-refractivity contribution in [3.8, 4) is 29.0 Å². The second kappa shape index (κ2) is 7.26. The van der Waals surface area contributed by atoms with Gasteiger partial charge in [-0.05, 0) is 48.0 Å². The van der Waals surface area contributed by atoms with E-state index in [4.69, 9.17) is 9.26 Å². The Morgan fingerprint density at radius 1 is 1.14 bits per heavy atom. The molecule has 0 bridgehead atoms. The minimum Gasteiger partial charge on any atom is -0.491 e. The number of halogens is 3. The zero-order valence-electron chi connectivity index (χ0n) is 15.2. The molecule has 2 heterocycles. The first-order chi connectivity index (χ1) is 13.8. The molecule has 1 aliphatic rings. The van der Waals surface area contributed by atoms with Crippen LogP contribution in [0.3, 0.4) is 0 Å². The molecule has 3 aromatic rings. The van der Waals surface area contributed by atoms with E-state index in [0.717, 1.165) is 18.4 Å². The number of ether oxygens (including phenoxy) is 2. The monoisotopic (exact) mass is 407 g/mol. The van der Waals surface area contributed by atoms with Crippen LogP contribution in [-0.4, -0.2) is 32.7 Å². The fraction of sp³-hybridized carbons (Fsp3) is 0.316. The Morgan fingerprint density at radius 2 is 1.93 bits per heavy atom. The van der Waals surface area contributed by atoms with Crippen LogP contribution in [0.1, 0.15) is 29.9 Å². The molecule has 2 aromatic heterocycles. The molecule has 10 heteroatoms. The number of aryl methyl sites for hydroxylation is 1. The van der Waals surface area contributed by atoms with E-state index in [1.807, 2.05) is 0 Å². The van der Waals surface area contributed by atoms with E-state index >= 15 is 0 Å². The molecule has 0 radical (unpaired) electrons. The number of aromatic hydroxyl groups is 1. The SMILES string of the molecule is Cc1cc([C@H]2C[C@@H](Oc3cnc(-c4cc(O)no4)cn3)C2)ccc1OC(F)(F)F. The van der Waals surface area contributed by atoms with Crippen molar-refractivity contribution in [2.45, 2.75) is 38.1 Å². The Hall–Kier alpha value is -3.30. The van der Waals surface area contributed by atoms with E-state index in [0.29, 0.717) is 22.9 Å². The van der Waals surface area contributed by atoms with Gasteiger partial charge in [0, 0.05) is 0 Å². The molecule has 0 spiro atoms. The molecule has 0 aliphatic heterocycles. The lowest BCUT2D eigenvalue weighted by Crippen LogP contribution is -2.32. The van der Waals surface area contributed by atoms with Crippen LogP contribution < -0.4 is 9.47 Å². The predicted molar refractivity (Wildman–Crippen MR) is 93.4 cm³/mol. The van der Waals surface area contributed by atoms with E-state index in [9.17, 15) is 18.3 Å². The standard InChI is InChI=1S/C19H16F3N3O4/c1-10-4-11(2-3-15(10)28-19(20,21)22)12-5-13(6-12)27-18-9-23-14(8-24-18)16-7-17(26)25-29-16/h2-4,7-9,12-13H,5-6H2,1H3,(H,25,26)/t12-,13+. The fourth-order valence-electron chi connectivity index (χ4n) is 3.16. The minimum atomic E-state index is -4.70. The van der Waals surface area contributed by atoms with Gasteiger partial charge in [0.2, 0.25) is 5.88 Å². The average Bonchev–Trinajstić information content (AvgIpc) is 3.05. The number of rotatable bonds is 5. The van der Waals surface area contributed by atoms with Crippen LogP contribution >= 0.6 is 0 Å². The summed E-state index contributed by atoms with van der Waals surface area (Å²) in [6, 6.07) is 6.03. The normalized spacial score (nSPS) is 18.9. The highest BCUT2D eigenvalue weighted by Crippen LogP contribution is 2.40. The minimum absolute atomic E-state index is 0.0547. The average molecular weight is 407 g/mol. The van der Waals surface area contributed by atoms with E-state index in [2.05, 4.69) is 19.9 Å². The summed E-state index contributed by atoms with van der Waals surface area (Å²) < 4.78 is 51.8. The van der Waals surface area contributed by atoms with Crippen molar-refractivity contribution in [3.05, 3.63) is 47.8 Å². The quantitative estimate of drug-likeness (QED) is 0.672. The Kier molecular flexibility index (Phi) is 4.77. The van der Waals surface area contributed by atoms with Gasteiger partial charge in [0.05, 0.1) is 18.5 Å². The summed E-state index contributed by atoms with van der Waals surface area (Å²) in [4.78, 5) is 8.33. The van der Waals surface area contributed by atoms with Crippen molar-refractivity contribution < 1.29 is 32.3 Å². The van der Waals surface area contributed by atoms with Crippen LogP contribution in [0.2, 0.25) is 0 Å². The summed E-state index contributed by atoms with van der Waals surface area (Å²) in [5.41, 5.74) is 1.79. The number of hydrogen-bond donors (Lipinski definition) is 1. The molecule has 0 saturated heterocycles. The summed E-state index contributed by atoms with van der Waals surface area (Å²) in [6.07, 6.45) is -0.409. The van der Waals surface area contributed by atoms with Crippen molar-refractivity contribution in [1.29, 1.82) is 0 Å². The van der Waals surface area contributed by atoms with Gasteiger partial charge >= 0.3 is 6.36 Å². The van der Waals surface area contributed by atoms with E-state index in [1.165, 1.54) is 24.5 Å². The summed E-state index contributed by atoms with van der Waals surface area (Å²) in [5.74, 6) is 0.410. The molecule has 0 atom stereocenters. The molecule has 1 N–H and O–H groups in total. The molecular weight excluding hydrogens is 391 g/mol. The van der Waals surface area contributed by atoms with Gasteiger partial charge in [-0.1, -0.05) is 12.1 Å². The topological polar surface area (TPSA) is 90.5 Å². The van der Waals surface area contributed by atoms with Crippen LogP contribution in [-0.2, 0) is 0 Å². The van der Waals surface area contributed by atoms with Gasteiger partial charge in [-0.25, -0.2) is 9.97 Å². The second-order valence-electron chi connectivity index (χ2n) is 6.77. The van der Waals surface area contributed by atoms with Crippen molar-refractivity contribution in [2.75, 3.05) is 0 Å². The maximum absolute atomic E-state index is 12.4. The fourth-order valence-corrected chi connectivity index (χ4v) is 3.16. The van der Waals surface area contributed by atoms with Gasteiger partial charge in [0.1, 0.15) is 17.5 Å². The van der Waals surface area contributed by atoms with Crippen LogP contribution in [0, 0.1) is 6.92 Å². The van der Waals surface area contributed by atoms with E-state index in [1.54, 1.807) is 19.1 Å². The molecule has 1 fully saturated rings. The molecule has 4 rings (SSSR count). The van der Waals surface area contributed by atoms with Crippen molar-refractivity contribution >= 4 is 0 Å². The number of alkyl halides is 3. The lowest BCUT2D eigenvalue weighted by atomic mass is 9.77. The van der Waals surface area contributed by atoms with Gasteiger partial charge in [0.25, 0.3) is 5.88 Å². The van der Waals surface area contributed by atoms with Crippen molar-refractivity contribution in [3.63, 3.8) is 0 Å². The Labute approximate surface area is 163 Å². The maximum Gasteiger partial charge on any atom is 0.573 e. The Balaban J connectivity index is 1.33. The molecule has 7 nitrogen and oxygen atoms in total. The van der Waals surface area contributed by atoms with Crippen LogP contribution in [0.4, 0.5) is 13.2 Å². The first kappa shape index (κ1) is 19.0. The lowest BCUT2D eigenvalue weighted by molar-refractivity contribution is -0.274. The largest absolute Gasteiger partial charge is 0.573 e. The number of hydrogen-bond acceptors (Lipinski definition) is 7. The van der Waals surface area contributed by atoms with Gasteiger partial charge in [-0.2, -0.15) is 0 Å². The van der Waals surface area contributed by atoms with Gasteiger partial charge < -0.3 is 19.1 Å². The third-order valence-corrected chi connectivity index (χ3v) is 4.66. The highest BCUT2D eigenvalue weighted by atomic mass is 19.4. The third-order valence-electron chi connectivity index (χ3n) is 4.66. The number of nitrogens with zero attached hydrogens (tertiary/aromatic N) is 3. The van der Waals surface area contributed by atoms with E-state index in [-0.39, 0.29) is 23.7 Å². The summed E-state index contributed by atoms with van der Waals surface area (Å²) in [7, 11) is 0. The highest BCUT2D eigenvalue weighted by Gasteiger charge is 2.34. The first-order valence-electron chi connectivity index (χ1n) is 8.78. The van der Waals surface area contributed by atoms with Gasteiger partial charge in [0.15, 0.2) is 5.76 Å². The summed E-state index contributed by atoms with van der Waals surface area (Å²) >= 11 is 0. The summed E-state index contributed by atoms with van der Waals surface area (Å²) in [5, 5.41) is 12.6. The lowest BCUT2D eigenvalue weighted by Gasteiger charge is -2.35. The van der Waals surface area contributed by atoms with E-state index < -0.39 is 6.36 Å². The number of aromatic nitrogens is 3. The second-order valence-corrected chi connectivity index (χ2v) is 6.77. The molecule has 1 aliphatic carbocycles. The summed E-state index contributed by atoms with van der Waals surface area (Å²) in [6.45, 7) is 1.59. The number of benzene rings is 1. The smallest absolute Gasteiger partial charge is 0.491 e. The van der Waals surface area contributed by atoms with Crippen LogP contribution in [0.25, 0.3) is 11.5 Å². The Morgan fingerprint density at radius 3 is 2.52 bits per heavy atom. The first-order valence-corrected chi connectivity index (χ1v) is 8.78. The third kappa shape index (κ3) is 4.41. The molecule has 152 valence electrons. The Bertz CT molecular complexity index is 999. The van der Waals surface area contributed by atoms with Gasteiger partial charge in [-0.3, -0.25) is 0 Å². The van der Waals surface area contributed by atoms with Gasteiger partial charge in [-0.15, -0.1) is 13.2 Å². The molecule has 29 heavy (non-hydrogen) atoms. The predicted octanol–water partition coefficient (Wildman–Crippen LogP) is 4.37. The van der Waals surface area contributed by atoms with Crippen molar-refractivity contribution in [1.82, 2.24) is 15.1 Å². The van der Waals surface area contributed by atoms with Crippen molar-refractivity contribution in [2.24, 2.45) is 0 Å². The van der Waals surface area contributed by atoms with Crippen LogP contribution in [0.5, 0.6) is 17.5 Å². The molecule has 0 unspecified atom stereocenters. The van der Waals surface area contributed by atoms with Crippen LogP contribution in [0.15, 0.2) is 41.2 Å². The molecule has 0 amide bonds. The molecular formula is C19H16F3N3O4. The molecule has 1 saturated carbocycles. The molecule has 1 aromatic carbocycles. The zero-order chi connectivity index (χ0) is 20.6. The zero-order valence-corrected chi connectivity index (χ0v) is 15.2. The highest BCUT2D eigenvalue weighted by molar-refractivity contribution is 5.51. The maximum atomic E-state index is 12.4.